The molecule has 1 amide bonds. The molecule has 1 aliphatic rings. The van der Waals surface area contributed by atoms with Crippen LogP contribution in [0.2, 0.25) is 5.02 Å². The van der Waals surface area contributed by atoms with Crippen LogP contribution in [0.5, 0.6) is 0 Å². The lowest BCUT2D eigenvalue weighted by atomic mass is 9.79. The van der Waals surface area contributed by atoms with Gasteiger partial charge in [-0.25, -0.2) is 0 Å². The van der Waals surface area contributed by atoms with Crippen LogP contribution in [0.4, 0.5) is 5.69 Å². The van der Waals surface area contributed by atoms with Crippen molar-refractivity contribution in [1.29, 1.82) is 0 Å². The van der Waals surface area contributed by atoms with E-state index in [1.165, 1.54) is 0 Å². The zero-order chi connectivity index (χ0) is 13.9. The molecule has 1 heterocycles. The monoisotopic (exact) mass is 298 g/mol. The zero-order valence-corrected chi connectivity index (χ0v) is 11.9. The predicted molar refractivity (Wildman–Crippen MR) is 79.4 cm³/mol. The minimum atomic E-state index is -0.841. The van der Waals surface area contributed by atoms with Gasteiger partial charge in [-0.1, -0.05) is 36.0 Å². The van der Waals surface area contributed by atoms with Gasteiger partial charge in [0.25, 0.3) is 0 Å². The second-order valence-electron chi connectivity index (χ2n) is 4.49. The summed E-state index contributed by atoms with van der Waals surface area (Å²) in [5, 5.41) is 3.30. The number of anilines is 1. The highest BCUT2D eigenvalue weighted by Crippen LogP contribution is 2.33. The van der Waals surface area contributed by atoms with Gasteiger partial charge in [-0.15, -0.1) is 0 Å². The van der Waals surface area contributed by atoms with Crippen molar-refractivity contribution >= 4 is 40.4 Å². The summed E-state index contributed by atoms with van der Waals surface area (Å²) in [6, 6.07) is 7.07. The summed E-state index contributed by atoms with van der Waals surface area (Å²) < 4.78 is 5.28. The van der Waals surface area contributed by atoms with Gasteiger partial charge in [0.2, 0.25) is 5.91 Å². The van der Waals surface area contributed by atoms with E-state index < -0.39 is 5.41 Å². The highest BCUT2D eigenvalue weighted by Gasteiger charge is 2.43. The molecule has 0 saturated carbocycles. The molecule has 0 bridgehead atoms. The largest absolute Gasteiger partial charge is 0.392 e. The Labute approximate surface area is 122 Å². The molecule has 3 N–H and O–H groups in total. The average molecular weight is 299 g/mol. The summed E-state index contributed by atoms with van der Waals surface area (Å²) >= 11 is 11.1. The minimum Gasteiger partial charge on any atom is -0.392 e. The maximum Gasteiger partial charge on any atom is 0.237 e. The van der Waals surface area contributed by atoms with E-state index in [0.717, 1.165) is 0 Å². The quantitative estimate of drug-likeness (QED) is 0.841. The standard InChI is InChI=1S/C13H15ClN2O2S/c14-9-3-1-2-4-10(9)16-12(17)13(11(15)19)5-7-18-8-6-13/h1-4H,5-8H2,(H2,15,19)(H,16,17). The number of hydrogen-bond donors (Lipinski definition) is 2. The first-order valence-electron chi connectivity index (χ1n) is 6.00. The number of carbonyl (C=O) groups excluding carboxylic acids is 1. The van der Waals surface area contributed by atoms with Crippen LogP contribution < -0.4 is 11.1 Å². The van der Waals surface area contributed by atoms with Gasteiger partial charge < -0.3 is 15.8 Å². The van der Waals surface area contributed by atoms with Gasteiger partial charge in [0, 0.05) is 13.2 Å². The van der Waals surface area contributed by atoms with E-state index in [0.29, 0.717) is 36.8 Å². The van der Waals surface area contributed by atoms with Gasteiger partial charge in [-0.2, -0.15) is 0 Å². The summed E-state index contributed by atoms with van der Waals surface area (Å²) in [5.74, 6) is -0.212. The maximum absolute atomic E-state index is 12.5. The van der Waals surface area contributed by atoms with Gasteiger partial charge in [0.05, 0.1) is 15.7 Å². The van der Waals surface area contributed by atoms with Crippen LogP contribution in [0.15, 0.2) is 24.3 Å². The topological polar surface area (TPSA) is 64.4 Å². The van der Waals surface area contributed by atoms with Crippen LogP contribution in [0.1, 0.15) is 12.8 Å². The number of benzene rings is 1. The van der Waals surface area contributed by atoms with Crippen molar-refractivity contribution in [3.8, 4) is 0 Å². The van der Waals surface area contributed by atoms with Crippen molar-refractivity contribution in [2.24, 2.45) is 11.1 Å². The van der Waals surface area contributed by atoms with Gasteiger partial charge >= 0.3 is 0 Å². The first-order valence-corrected chi connectivity index (χ1v) is 6.78. The predicted octanol–water partition coefficient (Wildman–Crippen LogP) is 2.36. The Hall–Kier alpha value is -1.17. The Balaban J connectivity index is 2.21. The molecule has 6 heteroatoms. The summed E-state index contributed by atoms with van der Waals surface area (Å²) in [4.78, 5) is 12.7. The lowest BCUT2D eigenvalue weighted by molar-refractivity contribution is -0.126. The van der Waals surface area contributed by atoms with Gasteiger partial charge in [0.15, 0.2) is 0 Å². The number of thiocarbonyl (C=S) groups is 1. The van der Waals surface area contributed by atoms with Crippen molar-refractivity contribution < 1.29 is 9.53 Å². The maximum atomic E-state index is 12.5. The Kier molecular flexibility index (Phi) is 4.39. The fourth-order valence-corrected chi connectivity index (χ4v) is 2.59. The second-order valence-corrected chi connectivity index (χ2v) is 5.34. The zero-order valence-electron chi connectivity index (χ0n) is 10.3. The molecule has 2 rings (SSSR count). The minimum absolute atomic E-state index is 0.209. The van der Waals surface area contributed by atoms with Crippen LogP contribution in [0.25, 0.3) is 0 Å². The lowest BCUT2D eigenvalue weighted by Gasteiger charge is -2.34. The normalized spacial score (nSPS) is 17.7. The fourth-order valence-electron chi connectivity index (χ4n) is 2.11. The summed E-state index contributed by atoms with van der Waals surface area (Å²) in [5.41, 5.74) is 5.50. The summed E-state index contributed by atoms with van der Waals surface area (Å²) in [7, 11) is 0. The SMILES string of the molecule is NC(=S)C1(C(=O)Nc2ccccc2Cl)CCOCC1. The molecule has 1 saturated heterocycles. The lowest BCUT2D eigenvalue weighted by Crippen LogP contribution is -2.49. The number of ether oxygens (including phenoxy) is 1. The van der Waals surface area contributed by atoms with E-state index in [4.69, 9.17) is 34.3 Å². The third-order valence-electron chi connectivity index (χ3n) is 3.37. The number of carbonyl (C=O) groups is 1. The van der Waals surface area contributed by atoms with Crippen molar-refractivity contribution in [2.75, 3.05) is 18.5 Å². The molecule has 1 aliphatic heterocycles. The van der Waals surface area contributed by atoms with E-state index >= 15 is 0 Å². The Morgan fingerprint density at radius 1 is 1.37 bits per heavy atom. The molecule has 0 aromatic heterocycles. The Morgan fingerprint density at radius 2 is 2.00 bits per heavy atom. The third-order valence-corrected chi connectivity index (χ3v) is 4.10. The number of halogens is 1. The molecular weight excluding hydrogens is 284 g/mol. The van der Waals surface area contributed by atoms with Gasteiger partial charge in [-0.05, 0) is 25.0 Å². The molecule has 1 fully saturated rings. The molecule has 1 aromatic carbocycles. The number of nitrogens with two attached hydrogens (primary N) is 1. The number of para-hydroxylation sites is 1. The third kappa shape index (κ3) is 2.88. The highest BCUT2D eigenvalue weighted by atomic mass is 35.5. The van der Waals surface area contributed by atoms with Crippen molar-refractivity contribution in [1.82, 2.24) is 0 Å². The number of hydrogen-bond acceptors (Lipinski definition) is 3. The van der Waals surface area contributed by atoms with E-state index in [9.17, 15) is 4.79 Å². The van der Waals surface area contributed by atoms with E-state index in [-0.39, 0.29) is 10.9 Å². The number of rotatable bonds is 3. The van der Waals surface area contributed by atoms with Crippen molar-refractivity contribution in [3.63, 3.8) is 0 Å². The molecule has 0 radical (unpaired) electrons. The van der Waals surface area contributed by atoms with Gasteiger partial charge in [-0.3, -0.25) is 4.79 Å². The number of nitrogens with one attached hydrogen (secondary N) is 1. The van der Waals surface area contributed by atoms with E-state index in [1.54, 1.807) is 24.3 Å². The molecule has 0 unspecified atom stereocenters. The second kappa shape index (κ2) is 5.86. The smallest absolute Gasteiger partial charge is 0.237 e. The van der Waals surface area contributed by atoms with E-state index in [2.05, 4.69) is 5.32 Å². The molecule has 0 atom stereocenters. The molecule has 102 valence electrons. The molecule has 19 heavy (non-hydrogen) atoms. The Morgan fingerprint density at radius 3 is 2.58 bits per heavy atom. The van der Waals surface area contributed by atoms with Crippen LogP contribution in [0.3, 0.4) is 0 Å². The summed E-state index contributed by atoms with van der Waals surface area (Å²) in [6.07, 6.45) is 0.997. The Bertz CT molecular complexity index is 501. The molecule has 1 aromatic rings. The summed E-state index contributed by atoms with van der Waals surface area (Å²) in [6.45, 7) is 0.959. The van der Waals surface area contributed by atoms with Crippen molar-refractivity contribution in [2.45, 2.75) is 12.8 Å². The molecule has 0 spiro atoms. The first-order chi connectivity index (χ1) is 9.06. The van der Waals surface area contributed by atoms with Crippen LogP contribution in [0, 0.1) is 5.41 Å². The highest BCUT2D eigenvalue weighted by molar-refractivity contribution is 7.80. The molecular formula is C13H15ClN2O2S. The van der Waals surface area contributed by atoms with Gasteiger partial charge in [0.1, 0.15) is 5.41 Å². The van der Waals surface area contributed by atoms with Crippen LogP contribution >= 0.6 is 23.8 Å². The molecule has 4 nitrogen and oxygen atoms in total. The number of amides is 1. The van der Waals surface area contributed by atoms with E-state index in [1.807, 2.05) is 0 Å². The average Bonchev–Trinajstić information content (AvgIpc) is 2.42. The molecule has 0 aliphatic carbocycles. The van der Waals surface area contributed by atoms with Crippen LogP contribution in [-0.4, -0.2) is 24.1 Å². The fraction of sp³-hybridized carbons (Fsp3) is 0.385. The first kappa shape index (κ1) is 14.2. The van der Waals surface area contributed by atoms with Crippen molar-refractivity contribution in [3.05, 3.63) is 29.3 Å². The van der Waals surface area contributed by atoms with Crippen LogP contribution in [-0.2, 0) is 9.53 Å².